The number of amides is 2. The van der Waals surface area contributed by atoms with Gasteiger partial charge in [-0.2, -0.15) is 0 Å². The van der Waals surface area contributed by atoms with Gasteiger partial charge in [-0.25, -0.2) is 9.18 Å². The zero-order valence-electron chi connectivity index (χ0n) is 21.9. The van der Waals surface area contributed by atoms with E-state index in [2.05, 4.69) is 19.6 Å². The van der Waals surface area contributed by atoms with Crippen LogP contribution >= 0.6 is 0 Å². The van der Waals surface area contributed by atoms with Crippen LogP contribution in [-0.4, -0.2) is 67.0 Å². The number of nitrogens with zero attached hydrogens (tertiary/aromatic N) is 2. The number of urea groups is 1. The number of carboxylic acid groups (broad SMARTS) is 1. The predicted molar refractivity (Wildman–Crippen MR) is 142 cm³/mol. The summed E-state index contributed by atoms with van der Waals surface area (Å²) in [6, 6.07) is 9.58. The first-order chi connectivity index (χ1) is 17.5. The van der Waals surface area contributed by atoms with Crippen LogP contribution in [-0.2, 0) is 22.4 Å². The summed E-state index contributed by atoms with van der Waals surface area (Å²) in [5, 5.41) is 9.76. The molecule has 7 nitrogen and oxygen atoms in total. The first kappa shape index (κ1) is 26.8. The average molecular weight is 527 g/mol. The number of carboxylic acids is 1. The molecule has 198 valence electrons. The van der Waals surface area contributed by atoms with Gasteiger partial charge < -0.3 is 19.6 Å². The van der Waals surface area contributed by atoms with Crippen molar-refractivity contribution in [3.63, 3.8) is 0 Å². The number of halogens is 1. The second kappa shape index (κ2) is 10.7. The predicted octanol–water partition coefficient (Wildman–Crippen LogP) is 4.01. The Morgan fingerprint density at radius 2 is 1.84 bits per heavy atom. The Kier molecular flexibility index (Phi) is 7.73. The van der Waals surface area contributed by atoms with Crippen molar-refractivity contribution < 1.29 is 28.6 Å². The SMILES string of the molecule is CCOc1ccc2c(c1)CCN(C(=O)N1CC(CC(=O)O)C1)[C@H]2C(=O)Cc1ccc([Si](C)(C)C)c(F)c1. The molecule has 2 aliphatic rings. The number of hydrogen-bond donors (Lipinski definition) is 1. The highest BCUT2D eigenvalue weighted by Crippen LogP contribution is 2.35. The molecule has 0 unspecified atom stereocenters. The summed E-state index contributed by atoms with van der Waals surface area (Å²) >= 11 is 0. The van der Waals surface area contributed by atoms with Gasteiger partial charge in [0, 0.05) is 32.0 Å². The maximum atomic E-state index is 14.9. The van der Waals surface area contributed by atoms with E-state index in [0.717, 1.165) is 22.1 Å². The van der Waals surface area contributed by atoms with Crippen molar-refractivity contribution in [2.75, 3.05) is 26.2 Å². The monoisotopic (exact) mass is 526 g/mol. The van der Waals surface area contributed by atoms with Crippen molar-refractivity contribution in [1.29, 1.82) is 0 Å². The third-order valence-electron chi connectivity index (χ3n) is 7.12. The molecule has 1 atom stereocenters. The van der Waals surface area contributed by atoms with Crippen LogP contribution in [0, 0.1) is 11.7 Å². The summed E-state index contributed by atoms with van der Waals surface area (Å²) in [5.74, 6) is -0.701. The summed E-state index contributed by atoms with van der Waals surface area (Å²) in [6.45, 7) is 9.75. The Balaban J connectivity index is 1.60. The summed E-state index contributed by atoms with van der Waals surface area (Å²) < 4.78 is 20.5. The highest BCUT2D eigenvalue weighted by molar-refractivity contribution is 6.88. The Bertz CT molecular complexity index is 1210. The summed E-state index contributed by atoms with van der Waals surface area (Å²) in [5.41, 5.74) is 2.30. The number of carbonyl (C=O) groups excluding carboxylic acids is 2. The molecule has 0 saturated carbocycles. The number of likely N-dealkylation sites (tertiary alicyclic amines) is 1. The molecule has 1 fully saturated rings. The van der Waals surface area contributed by atoms with Gasteiger partial charge in [0.1, 0.15) is 17.6 Å². The van der Waals surface area contributed by atoms with Crippen molar-refractivity contribution in [1.82, 2.24) is 9.80 Å². The minimum absolute atomic E-state index is 0.00559. The summed E-state index contributed by atoms with van der Waals surface area (Å²) in [7, 11) is -1.85. The van der Waals surface area contributed by atoms with Gasteiger partial charge in [0.15, 0.2) is 5.78 Å². The van der Waals surface area contributed by atoms with E-state index in [0.29, 0.717) is 38.2 Å². The third kappa shape index (κ3) is 5.87. The largest absolute Gasteiger partial charge is 0.494 e. The Morgan fingerprint density at radius 1 is 1.11 bits per heavy atom. The highest BCUT2D eigenvalue weighted by atomic mass is 28.3. The van der Waals surface area contributed by atoms with Crippen LogP contribution in [0.15, 0.2) is 36.4 Å². The first-order valence-corrected chi connectivity index (χ1v) is 16.3. The van der Waals surface area contributed by atoms with Crippen LogP contribution in [0.2, 0.25) is 19.6 Å². The number of benzene rings is 2. The van der Waals surface area contributed by atoms with Crippen molar-refractivity contribution in [2.24, 2.45) is 5.92 Å². The molecule has 2 aromatic carbocycles. The molecule has 1 saturated heterocycles. The standard InChI is InChI=1S/C28H35FN2O5Si/c1-5-36-21-7-8-22-20(15-21)10-11-31(28(35)30-16-19(17-30)14-26(33)34)27(22)24(32)13-18-6-9-25(23(29)12-18)37(2,3)4/h6-9,12,15,19,27H,5,10-11,13-14,16-17H2,1-4H3,(H,33,34)/t27-/m1/s1. The van der Waals surface area contributed by atoms with Gasteiger partial charge in [0.05, 0.1) is 21.1 Å². The van der Waals surface area contributed by atoms with Gasteiger partial charge in [0.25, 0.3) is 0 Å². The van der Waals surface area contributed by atoms with Crippen LogP contribution in [0.4, 0.5) is 9.18 Å². The average Bonchev–Trinajstić information content (AvgIpc) is 2.79. The number of carbonyl (C=O) groups is 3. The fourth-order valence-electron chi connectivity index (χ4n) is 5.27. The van der Waals surface area contributed by atoms with Gasteiger partial charge >= 0.3 is 12.0 Å². The van der Waals surface area contributed by atoms with E-state index in [4.69, 9.17) is 9.84 Å². The van der Waals surface area contributed by atoms with Crippen LogP contribution in [0.25, 0.3) is 0 Å². The highest BCUT2D eigenvalue weighted by Gasteiger charge is 2.41. The lowest BCUT2D eigenvalue weighted by Gasteiger charge is -2.45. The zero-order chi connectivity index (χ0) is 26.9. The fourth-order valence-corrected chi connectivity index (χ4v) is 6.64. The number of ketones is 1. The normalized spacial score (nSPS) is 17.7. The Morgan fingerprint density at radius 3 is 2.46 bits per heavy atom. The molecule has 0 aliphatic carbocycles. The van der Waals surface area contributed by atoms with Crippen molar-refractivity contribution >= 4 is 31.0 Å². The summed E-state index contributed by atoms with van der Waals surface area (Å²) in [6.07, 6.45) is 0.609. The van der Waals surface area contributed by atoms with E-state index in [-0.39, 0.29) is 36.4 Å². The molecule has 2 aromatic rings. The minimum atomic E-state index is -1.85. The Hall–Kier alpha value is -3.20. The number of Topliss-reactive ketones (excluding diaryl/α,β-unsaturated/α-hetero) is 1. The van der Waals surface area contributed by atoms with Crippen LogP contribution < -0.4 is 9.92 Å². The van der Waals surface area contributed by atoms with E-state index in [9.17, 15) is 18.8 Å². The number of hydrogen-bond acceptors (Lipinski definition) is 4. The quantitative estimate of drug-likeness (QED) is 0.526. The lowest BCUT2D eigenvalue weighted by Crippen LogP contribution is -2.57. The van der Waals surface area contributed by atoms with E-state index in [1.165, 1.54) is 6.07 Å². The van der Waals surface area contributed by atoms with E-state index in [1.54, 1.807) is 15.9 Å². The number of aliphatic carboxylic acids is 1. The lowest BCUT2D eigenvalue weighted by molar-refractivity contribution is -0.139. The molecule has 0 aromatic heterocycles. The number of fused-ring (bicyclic) bond motifs is 1. The molecule has 2 amide bonds. The van der Waals surface area contributed by atoms with Crippen LogP contribution in [0.3, 0.4) is 0 Å². The third-order valence-corrected chi connectivity index (χ3v) is 9.14. The smallest absolute Gasteiger partial charge is 0.320 e. The van der Waals surface area contributed by atoms with Gasteiger partial charge in [-0.1, -0.05) is 37.8 Å². The molecule has 9 heteroatoms. The van der Waals surface area contributed by atoms with Crippen molar-refractivity contribution in [2.45, 2.75) is 51.9 Å². The second-order valence-electron chi connectivity index (χ2n) is 11.0. The molecule has 2 aliphatic heterocycles. The topological polar surface area (TPSA) is 87.2 Å². The fraction of sp³-hybridized carbons (Fsp3) is 0.464. The molecule has 37 heavy (non-hydrogen) atoms. The van der Waals surface area contributed by atoms with Crippen LogP contribution in [0.5, 0.6) is 5.75 Å². The molecule has 0 spiro atoms. The van der Waals surface area contributed by atoms with Crippen molar-refractivity contribution in [3.8, 4) is 5.75 Å². The molecule has 0 radical (unpaired) electrons. The van der Waals surface area contributed by atoms with Gasteiger partial charge in [-0.3, -0.25) is 9.59 Å². The number of ether oxygens (including phenoxy) is 1. The van der Waals surface area contributed by atoms with Gasteiger partial charge in [-0.05, 0) is 53.4 Å². The lowest BCUT2D eigenvalue weighted by atomic mass is 9.87. The van der Waals surface area contributed by atoms with E-state index in [1.807, 2.05) is 31.2 Å². The number of rotatable bonds is 8. The molecule has 1 N–H and O–H groups in total. The maximum absolute atomic E-state index is 14.9. The Labute approximate surface area is 218 Å². The molecular formula is C28H35FN2O5Si. The molecule has 2 heterocycles. The molecular weight excluding hydrogens is 491 g/mol. The maximum Gasteiger partial charge on any atom is 0.320 e. The van der Waals surface area contributed by atoms with Crippen molar-refractivity contribution in [3.05, 3.63) is 58.9 Å². The van der Waals surface area contributed by atoms with Gasteiger partial charge in [-0.15, -0.1) is 0 Å². The molecule has 4 rings (SSSR count). The molecule has 0 bridgehead atoms. The van der Waals surface area contributed by atoms with Gasteiger partial charge in [0.2, 0.25) is 0 Å². The van der Waals surface area contributed by atoms with E-state index >= 15 is 0 Å². The minimum Gasteiger partial charge on any atom is -0.494 e. The summed E-state index contributed by atoms with van der Waals surface area (Å²) in [4.78, 5) is 41.4. The van der Waals surface area contributed by atoms with E-state index < -0.39 is 20.1 Å². The van der Waals surface area contributed by atoms with Crippen LogP contribution in [0.1, 0.15) is 36.1 Å². The zero-order valence-corrected chi connectivity index (χ0v) is 22.9. The second-order valence-corrected chi connectivity index (χ2v) is 16.0. The first-order valence-electron chi connectivity index (χ1n) is 12.8.